The number of nitrogens with zero attached hydrogens (tertiary/aromatic N) is 1. The molecule has 3 nitrogen and oxygen atoms in total. The van der Waals surface area contributed by atoms with Crippen molar-refractivity contribution in [1.29, 1.82) is 0 Å². The fraction of sp³-hybridized carbons (Fsp3) is 0.0588. The Labute approximate surface area is 128 Å². The lowest BCUT2D eigenvalue weighted by molar-refractivity contribution is 0.0517. The number of carbonyl (C=O) groups excluding carboxylic acids is 1. The summed E-state index contributed by atoms with van der Waals surface area (Å²) in [5, 5.41) is 4.12. The van der Waals surface area contributed by atoms with Gasteiger partial charge in [0.15, 0.2) is 0 Å². The van der Waals surface area contributed by atoms with Gasteiger partial charge in [0.25, 0.3) is 0 Å². The summed E-state index contributed by atoms with van der Waals surface area (Å²) in [6.07, 6.45) is 3.66. The molecule has 0 amide bonds. The van der Waals surface area contributed by atoms with Crippen LogP contribution in [0.2, 0.25) is 5.02 Å². The van der Waals surface area contributed by atoms with Crippen LogP contribution in [0.15, 0.2) is 65.8 Å². The number of halogens is 1. The zero-order valence-electron chi connectivity index (χ0n) is 11.5. The summed E-state index contributed by atoms with van der Waals surface area (Å²) in [6, 6.07) is 16.5. The summed E-state index contributed by atoms with van der Waals surface area (Å²) in [7, 11) is 0. The first-order chi connectivity index (χ1) is 10.2. The molecular weight excluding hydrogens is 286 g/mol. The van der Waals surface area contributed by atoms with E-state index in [-0.39, 0.29) is 0 Å². The summed E-state index contributed by atoms with van der Waals surface area (Å²) >= 11 is 5.91. The van der Waals surface area contributed by atoms with Crippen LogP contribution in [-0.4, -0.2) is 11.7 Å². The van der Waals surface area contributed by atoms with E-state index in [4.69, 9.17) is 16.4 Å². The summed E-state index contributed by atoms with van der Waals surface area (Å²) < 4.78 is 0. The molecule has 0 fully saturated rings. The highest BCUT2D eigenvalue weighted by Gasteiger charge is 2.10. The highest BCUT2D eigenvalue weighted by Crippen LogP contribution is 2.15. The van der Waals surface area contributed by atoms with Gasteiger partial charge in [-0.1, -0.05) is 65.3 Å². The molecule has 0 unspecified atom stereocenters. The van der Waals surface area contributed by atoms with Crippen molar-refractivity contribution in [3.63, 3.8) is 0 Å². The molecule has 2 rings (SSSR count). The highest BCUT2D eigenvalue weighted by atomic mass is 35.5. The number of carbonyl (C=O) groups is 1. The first-order valence-corrected chi connectivity index (χ1v) is 6.78. The summed E-state index contributed by atoms with van der Waals surface area (Å²) in [5.41, 5.74) is 1.92. The van der Waals surface area contributed by atoms with Crippen LogP contribution in [0, 0.1) is 0 Å². The normalized spacial score (nSPS) is 11.6. The largest absolute Gasteiger partial charge is 0.367 e. The van der Waals surface area contributed by atoms with Crippen LogP contribution in [0.1, 0.15) is 22.8 Å². The summed E-state index contributed by atoms with van der Waals surface area (Å²) in [4.78, 5) is 16.7. The molecule has 0 saturated carbocycles. The molecule has 0 spiro atoms. The fourth-order valence-electron chi connectivity index (χ4n) is 1.60. The maximum atomic E-state index is 11.8. The molecule has 0 aliphatic carbocycles. The molecule has 2 aromatic rings. The lowest BCUT2D eigenvalue weighted by atomic mass is 10.2. The second-order valence-corrected chi connectivity index (χ2v) is 4.74. The van der Waals surface area contributed by atoms with E-state index < -0.39 is 5.97 Å². The van der Waals surface area contributed by atoms with Gasteiger partial charge in [-0.15, -0.1) is 0 Å². The molecule has 0 heterocycles. The van der Waals surface area contributed by atoms with Gasteiger partial charge in [-0.3, -0.25) is 0 Å². The van der Waals surface area contributed by atoms with Gasteiger partial charge in [-0.25, -0.2) is 4.79 Å². The lowest BCUT2D eigenvalue weighted by Gasteiger charge is -2.00. The van der Waals surface area contributed by atoms with Crippen LogP contribution in [0.25, 0.3) is 6.08 Å². The molecule has 0 aromatic heterocycles. The molecule has 0 bridgehead atoms. The molecular formula is C17H14ClNO2. The van der Waals surface area contributed by atoms with Crippen molar-refractivity contribution in [3.05, 3.63) is 76.8 Å². The zero-order chi connectivity index (χ0) is 15.1. The number of rotatable bonds is 4. The molecule has 21 heavy (non-hydrogen) atoms. The predicted octanol–water partition coefficient (Wildman–Crippen LogP) is 4.59. The van der Waals surface area contributed by atoms with Gasteiger partial charge < -0.3 is 4.84 Å². The maximum Gasteiger partial charge on any atom is 0.367 e. The Morgan fingerprint density at radius 1 is 1.10 bits per heavy atom. The van der Waals surface area contributed by atoms with E-state index in [1.54, 1.807) is 37.3 Å². The number of hydrogen-bond acceptors (Lipinski definition) is 3. The van der Waals surface area contributed by atoms with Crippen LogP contribution in [-0.2, 0) is 4.84 Å². The number of benzene rings is 2. The van der Waals surface area contributed by atoms with Crippen molar-refractivity contribution in [3.8, 4) is 0 Å². The zero-order valence-corrected chi connectivity index (χ0v) is 12.2. The second kappa shape index (κ2) is 7.41. The van der Waals surface area contributed by atoms with Crippen molar-refractivity contribution < 1.29 is 9.63 Å². The minimum atomic E-state index is -0.576. The molecule has 4 heteroatoms. The molecule has 0 saturated heterocycles. The predicted molar refractivity (Wildman–Crippen MR) is 85.5 cm³/mol. The topological polar surface area (TPSA) is 38.7 Å². The summed E-state index contributed by atoms with van der Waals surface area (Å²) in [5.74, 6) is -0.576. The van der Waals surface area contributed by atoms with E-state index in [1.807, 2.05) is 36.4 Å². The van der Waals surface area contributed by atoms with Crippen LogP contribution < -0.4 is 0 Å². The van der Waals surface area contributed by atoms with Gasteiger partial charge in [-0.05, 0) is 30.7 Å². The van der Waals surface area contributed by atoms with Crippen molar-refractivity contribution in [2.45, 2.75) is 6.92 Å². The third kappa shape index (κ3) is 4.58. The molecule has 0 aliphatic rings. The van der Waals surface area contributed by atoms with E-state index in [2.05, 4.69) is 5.16 Å². The molecule has 0 atom stereocenters. The van der Waals surface area contributed by atoms with Crippen molar-refractivity contribution in [1.82, 2.24) is 0 Å². The standard InChI is InChI=1S/C17H14ClNO2/c1-13(11-12-14-7-3-2-4-8-14)19-21-17(20)15-9-5-6-10-16(15)18/h2-12H,1H3. The first-order valence-electron chi connectivity index (χ1n) is 6.40. The van der Waals surface area contributed by atoms with Crippen molar-refractivity contribution in [2.24, 2.45) is 5.16 Å². The lowest BCUT2D eigenvalue weighted by Crippen LogP contribution is -2.02. The Kier molecular flexibility index (Phi) is 5.29. The second-order valence-electron chi connectivity index (χ2n) is 4.34. The SMILES string of the molecule is CC(C=Cc1ccccc1)=NOC(=O)c1ccccc1Cl. The van der Waals surface area contributed by atoms with Crippen LogP contribution in [0.4, 0.5) is 0 Å². The Morgan fingerprint density at radius 3 is 2.48 bits per heavy atom. The van der Waals surface area contributed by atoms with Crippen LogP contribution >= 0.6 is 11.6 Å². The Bertz CT molecular complexity index is 678. The molecule has 0 N–H and O–H groups in total. The van der Waals surface area contributed by atoms with Crippen LogP contribution in [0.3, 0.4) is 0 Å². The molecule has 2 aromatic carbocycles. The monoisotopic (exact) mass is 299 g/mol. The summed E-state index contributed by atoms with van der Waals surface area (Å²) in [6.45, 7) is 1.75. The van der Waals surface area contributed by atoms with Gasteiger partial charge in [-0.2, -0.15) is 0 Å². The van der Waals surface area contributed by atoms with Crippen molar-refractivity contribution in [2.75, 3.05) is 0 Å². The van der Waals surface area contributed by atoms with E-state index in [0.717, 1.165) is 5.56 Å². The van der Waals surface area contributed by atoms with Gasteiger partial charge in [0.05, 0.1) is 16.3 Å². The molecule has 0 aliphatic heterocycles. The minimum Gasteiger partial charge on any atom is -0.312 e. The Balaban J connectivity index is 1.99. The third-order valence-corrected chi connectivity index (χ3v) is 3.01. The number of hydrogen-bond donors (Lipinski definition) is 0. The van der Waals surface area contributed by atoms with Crippen molar-refractivity contribution >= 4 is 29.4 Å². The molecule has 106 valence electrons. The Hall–Kier alpha value is -2.39. The minimum absolute atomic E-state index is 0.294. The average molecular weight is 300 g/mol. The molecule has 0 radical (unpaired) electrons. The number of oxime groups is 1. The smallest absolute Gasteiger partial charge is 0.312 e. The maximum absolute atomic E-state index is 11.8. The number of allylic oxidation sites excluding steroid dienone is 1. The van der Waals surface area contributed by atoms with E-state index >= 15 is 0 Å². The van der Waals surface area contributed by atoms with Crippen LogP contribution in [0.5, 0.6) is 0 Å². The van der Waals surface area contributed by atoms with Gasteiger partial charge in [0.1, 0.15) is 0 Å². The van der Waals surface area contributed by atoms with E-state index in [0.29, 0.717) is 16.3 Å². The van der Waals surface area contributed by atoms with Gasteiger partial charge in [0, 0.05) is 0 Å². The highest BCUT2D eigenvalue weighted by molar-refractivity contribution is 6.33. The third-order valence-electron chi connectivity index (χ3n) is 2.68. The van der Waals surface area contributed by atoms with Gasteiger partial charge in [0.2, 0.25) is 0 Å². The fourth-order valence-corrected chi connectivity index (χ4v) is 1.81. The average Bonchev–Trinajstić information content (AvgIpc) is 2.52. The first kappa shape index (κ1) is 15.0. The quantitative estimate of drug-likeness (QED) is 0.470. The van der Waals surface area contributed by atoms with E-state index in [9.17, 15) is 4.79 Å². The van der Waals surface area contributed by atoms with E-state index in [1.165, 1.54) is 0 Å². The Morgan fingerprint density at radius 2 is 1.76 bits per heavy atom. The van der Waals surface area contributed by atoms with Gasteiger partial charge >= 0.3 is 5.97 Å².